The van der Waals surface area contributed by atoms with Crippen molar-refractivity contribution < 1.29 is 8.83 Å². The maximum absolute atomic E-state index is 6.84. The Kier molecular flexibility index (Phi) is 10.9. The van der Waals surface area contributed by atoms with Crippen LogP contribution in [-0.2, 0) is 0 Å². The van der Waals surface area contributed by atoms with Gasteiger partial charge >= 0.3 is 0 Å². The minimum atomic E-state index is -0.225. The van der Waals surface area contributed by atoms with Crippen molar-refractivity contribution in [1.82, 2.24) is 10.2 Å². The van der Waals surface area contributed by atoms with E-state index in [2.05, 4.69) is 233 Å². The van der Waals surface area contributed by atoms with Crippen molar-refractivity contribution in [3.63, 3.8) is 0 Å². The van der Waals surface area contributed by atoms with Crippen molar-refractivity contribution in [1.29, 1.82) is 0 Å². The predicted octanol–water partition coefficient (Wildman–Crippen LogP) is 11.3. The Morgan fingerprint density at radius 3 is 2.45 bits per heavy atom. The first-order valence-electron chi connectivity index (χ1n) is 28.6. The van der Waals surface area contributed by atoms with Crippen LogP contribution in [0.3, 0.4) is 0 Å². The third kappa shape index (κ3) is 7.56. The van der Waals surface area contributed by atoms with Crippen molar-refractivity contribution in [2.45, 2.75) is 87.4 Å². The summed E-state index contributed by atoms with van der Waals surface area (Å²) < 4.78 is 13.7. The van der Waals surface area contributed by atoms with E-state index in [1.54, 1.807) is 0 Å². The molecule has 16 rings (SSSR count). The Balaban J connectivity index is 0.837. The zero-order chi connectivity index (χ0) is 51.3. The standard InChI is InChI=1S/C72H60N4O2/c1-2-7-21-46(20-6-1)72-73-62(45-18-8-3-9-19-45)34-35-63(74-72)55-38-47(48-31-36-68-58(39-48)60-41-56-53-26-14-16-28-64(53)75(50-22-10-4-11-23-50)66(56)43-70(60)77-68)30-33-52(55)49-32-37-69-59(40-49)61-42-57-54-27-15-17-29-65(54)76(51-24-12-5-13-25-51)67(57)44-71(61)78-69/h1-4,6,8-10,14-22,24,26-30,32-34,36-44,48,53,56-57,62,64,66-67H,5,7,11-13,23,25,31H2,(H,73,74). The number of fused-ring (bicyclic) bond motifs is 12. The third-order valence-electron chi connectivity index (χ3n) is 18.2. The van der Waals surface area contributed by atoms with Gasteiger partial charge in [-0.25, -0.2) is 0 Å². The number of amidine groups is 1. The average molecular weight is 1010 g/mol. The maximum atomic E-state index is 6.84. The lowest BCUT2D eigenvalue weighted by Crippen LogP contribution is -2.45. The molecule has 380 valence electrons. The van der Waals surface area contributed by atoms with Crippen LogP contribution in [-0.4, -0.2) is 28.9 Å². The molecule has 3 aliphatic heterocycles. The van der Waals surface area contributed by atoms with E-state index in [-0.39, 0.29) is 30.0 Å². The van der Waals surface area contributed by atoms with Crippen molar-refractivity contribution in [2.24, 2.45) is 16.8 Å². The minimum absolute atomic E-state index is 0.126. The van der Waals surface area contributed by atoms with E-state index in [1.165, 1.54) is 56.7 Å². The summed E-state index contributed by atoms with van der Waals surface area (Å²) in [7, 11) is 0. The average Bonchev–Trinajstić information content (AvgIpc) is 4.25. The van der Waals surface area contributed by atoms with Crippen LogP contribution in [0.1, 0.15) is 91.5 Å². The molecule has 6 heteroatoms. The lowest BCUT2D eigenvalue weighted by atomic mass is 9.82. The zero-order valence-corrected chi connectivity index (χ0v) is 43.6. The number of rotatable bonds is 7. The topological polar surface area (TPSA) is 57.2 Å². The second-order valence-electron chi connectivity index (χ2n) is 22.6. The SMILES string of the molecule is C1=CC(c2ccccc2)N=C(C2=CCC=CC=C2)NC=1c1cc(C2C=c3c(oc4c3=CC3C5C=CC=CC5N(C5=CC=CCC5)C3C=4)=CC2)ccc1-c1ccc2oc3c(c2c1)=CC1c2ccccc2N(C2=CCCCC2)C1C=3. The van der Waals surface area contributed by atoms with E-state index >= 15 is 0 Å². The first-order chi connectivity index (χ1) is 38.6. The second kappa shape index (κ2) is 18.6. The highest BCUT2D eigenvalue weighted by Gasteiger charge is 2.47. The van der Waals surface area contributed by atoms with Gasteiger partial charge in [0, 0.05) is 72.9 Å². The van der Waals surface area contributed by atoms with Crippen molar-refractivity contribution >= 4 is 64.6 Å². The summed E-state index contributed by atoms with van der Waals surface area (Å²) in [5.74, 6) is 1.93. The molecule has 8 unspecified atom stereocenters. The van der Waals surface area contributed by atoms with Gasteiger partial charge in [0.1, 0.15) is 33.7 Å². The van der Waals surface area contributed by atoms with Crippen molar-refractivity contribution in [2.75, 3.05) is 4.90 Å². The Bertz CT molecular complexity index is 4310. The Morgan fingerprint density at radius 2 is 1.53 bits per heavy atom. The number of nitrogens with zero attached hydrogens (tertiary/aromatic N) is 3. The normalized spacial score (nSPS) is 26.6. The largest absolute Gasteiger partial charge is 0.457 e. The maximum Gasteiger partial charge on any atom is 0.135 e. The zero-order valence-electron chi connectivity index (χ0n) is 43.6. The number of nitrogens with one attached hydrogen (secondary N) is 1. The molecule has 5 heterocycles. The number of aliphatic imine (C=N–C) groups is 1. The highest BCUT2D eigenvalue weighted by Crippen LogP contribution is 2.48. The fraction of sp³-hybridized carbons (Fsp3) is 0.222. The fourth-order valence-corrected chi connectivity index (χ4v) is 14.5. The first kappa shape index (κ1) is 45.6. The van der Waals surface area contributed by atoms with E-state index in [4.69, 9.17) is 13.8 Å². The summed E-state index contributed by atoms with van der Waals surface area (Å²) in [6.07, 6.45) is 55.0. The first-order valence-corrected chi connectivity index (χ1v) is 28.6. The number of anilines is 1. The molecule has 0 amide bonds. The molecule has 8 atom stereocenters. The van der Waals surface area contributed by atoms with Crippen LogP contribution >= 0.6 is 0 Å². The summed E-state index contributed by atoms with van der Waals surface area (Å²) in [5.41, 5.74) is 20.9. The molecule has 6 aromatic rings. The van der Waals surface area contributed by atoms with Crippen molar-refractivity contribution in [3.05, 3.63) is 253 Å². The van der Waals surface area contributed by atoms with Gasteiger partial charge < -0.3 is 24.0 Å². The van der Waals surface area contributed by atoms with E-state index < -0.39 is 0 Å². The molecule has 10 aliphatic rings. The summed E-state index contributed by atoms with van der Waals surface area (Å²) >= 11 is 0. The molecular weight excluding hydrogens is 953 g/mol. The molecule has 6 nitrogen and oxygen atoms in total. The molecule has 0 radical (unpaired) electrons. The predicted molar refractivity (Wildman–Crippen MR) is 318 cm³/mol. The van der Waals surface area contributed by atoms with Crippen LogP contribution < -0.4 is 42.1 Å². The van der Waals surface area contributed by atoms with Crippen LogP contribution in [0.15, 0.2) is 213 Å². The minimum Gasteiger partial charge on any atom is -0.457 e. The van der Waals surface area contributed by atoms with Crippen LogP contribution in [0.2, 0.25) is 0 Å². The number of hydrogen-bond donors (Lipinski definition) is 1. The monoisotopic (exact) mass is 1010 g/mol. The van der Waals surface area contributed by atoms with Gasteiger partial charge in [-0.05, 0) is 134 Å². The quantitative estimate of drug-likeness (QED) is 0.162. The van der Waals surface area contributed by atoms with Gasteiger partial charge in [0.2, 0.25) is 0 Å². The van der Waals surface area contributed by atoms with Gasteiger partial charge in [0.25, 0.3) is 0 Å². The molecular formula is C72H60N4O2. The van der Waals surface area contributed by atoms with E-state index in [1.807, 2.05) is 0 Å². The molecule has 1 saturated heterocycles. The van der Waals surface area contributed by atoms with E-state index in [9.17, 15) is 0 Å². The molecule has 1 fully saturated rings. The van der Waals surface area contributed by atoms with Gasteiger partial charge in [-0.1, -0.05) is 164 Å². The van der Waals surface area contributed by atoms with E-state index in [0.717, 1.165) is 105 Å². The number of likely N-dealkylation sites (tertiary alicyclic amines) is 1. The molecule has 2 aromatic heterocycles. The van der Waals surface area contributed by atoms with Crippen LogP contribution in [0, 0.1) is 11.8 Å². The van der Waals surface area contributed by atoms with Crippen LogP contribution in [0.25, 0.3) is 64.2 Å². The highest BCUT2D eigenvalue weighted by atomic mass is 16.3. The van der Waals surface area contributed by atoms with Gasteiger partial charge in [0.05, 0.1) is 23.8 Å². The number of benzene rings is 4. The summed E-state index contributed by atoms with van der Waals surface area (Å²) in [4.78, 5) is 10.7. The molecule has 0 saturated carbocycles. The molecule has 0 spiro atoms. The second-order valence-corrected chi connectivity index (χ2v) is 22.6. The Morgan fingerprint density at radius 1 is 0.628 bits per heavy atom. The molecule has 4 aromatic carbocycles. The van der Waals surface area contributed by atoms with Crippen LogP contribution in [0.5, 0.6) is 0 Å². The summed E-state index contributed by atoms with van der Waals surface area (Å²) in [6.45, 7) is 0. The highest BCUT2D eigenvalue weighted by molar-refractivity contribution is 6.06. The summed E-state index contributed by atoms with van der Waals surface area (Å²) in [6, 6.07) is 34.1. The smallest absolute Gasteiger partial charge is 0.135 e. The number of para-hydroxylation sites is 1. The van der Waals surface area contributed by atoms with Gasteiger partial charge in [0.15, 0.2) is 0 Å². The van der Waals surface area contributed by atoms with E-state index in [0.29, 0.717) is 17.9 Å². The number of allylic oxidation sites excluding steroid dienone is 12. The summed E-state index contributed by atoms with van der Waals surface area (Å²) in [5, 5.41) is 8.69. The van der Waals surface area contributed by atoms with Gasteiger partial charge in [-0.15, -0.1) is 0 Å². The lowest BCUT2D eigenvalue weighted by Gasteiger charge is -2.34. The Hall–Kier alpha value is -8.57. The fourth-order valence-electron chi connectivity index (χ4n) is 14.5. The van der Waals surface area contributed by atoms with Crippen LogP contribution in [0.4, 0.5) is 5.69 Å². The number of furan rings is 2. The van der Waals surface area contributed by atoms with Gasteiger partial charge in [-0.3, -0.25) is 4.99 Å². The van der Waals surface area contributed by atoms with Crippen molar-refractivity contribution in [3.8, 4) is 11.1 Å². The Labute approximate surface area is 454 Å². The lowest BCUT2D eigenvalue weighted by molar-refractivity contribution is 0.300. The molecule has 1 N–H and O–H groups in total. The molecule has 7 aliphatic carbocycles. The molecule has 0 bridgehead atoms. The molecule has 78 heavy (non-hydrogen) atoms. The third-order valence-corrected chi connectivity index (χ3v) is 18.2. The number of hydrogen-bond acceptors (Lipinski definition) is 6. The van der Waals surface area contributed by atoms with Gasteiger partial charge in [-0.2, -0.15) is 0 Å².